The van der Waals surface area contributed by atoms with Gasteiger partial charge in [-0.3, -0.25) is 4.79 Å². The highest BCUT2D eigenvalue weighted by atomic mass is 16.5. The number of anilines is 2. The van der Waals surface area contributed by atoms with E-state index in [-0.39, 0.29) is 29.9 Å². The van der Waals surface area contributed by atoms with Crippen molar-refractivity contribution in [2.45, 2.75) is 20.0 Å². The highest BCUT2D eigenvalue weighted by molar-refractivity contribution is 6.00. The zero-order chi connectivity index (χ0) is 17.4. The second-order valence-corrected chi connectivity index (χ2v) is 4.75. The second-order valence-electron chi connectivity index (χ2n) is 4.75. The number of benzene rings is 1. The molecule has 0 saturated heterocycles. The van der Waals surface area contributed by atoms with E-state index in [9.17, 15) is 9.70 Å². The lowest BCUT2D eigenvalue weighted by atomic mass is 10.2. The molecule has 3 N–H and O–H groups in total. The third-order valence-corrected chi connectivity index (χ3v) is 2.93. The Hall–Kier alpha value is -3.29. The molecule has 0 radical (unpaired) electrons. The Bertz CT molecular complexity index is 747. The molecule has 0 fully saturated rings. The molecule has 0 aliphatic rings. The summed E-state index contributed by atoms with van der Waals surface area (Å²) in [6.45, 7) is 2.06. The number of nitroso groups, excluding NO2 is 1. The predicted molar refractivity (Wildman–Crippen MR) is 90.7 cm³/mol. The highest BCUT2D eigenvalue weighted by Crippen LogP contribution is 2.33. The summed E-state index contributed by atoms with van der Waals surface area (Å²) in [4.78, 5) is 30.6. The Morgan fingerprint density at radius 1 is 1.33 bits per heavy atom. The molecule has 8 heteroatoms. The molecule has 1 aromatic heterocycles. The molecule has 2 rings (SSSR count). The van der Waals surface area contributed by atoms with Crippen LogP contribution in [0, 0.1) is 4.91 Å². The van der Waals surface area contributed by atoms with Gasteiger partial charge < -0.3 is 15.8 Å². The second kappa shape index (κ2) is 8.37. The first-order chi connectivity index (χ1) is 11.6. The lowest BCUT2D eigenvalue weighted by Gasteiger charge is -2.10. The number of nitrogens with two attached hydrogens (primary N) is 1. The van der Waals surface area contributed by atoms with E-state index in [1.807, 2.05) is 37.3 Å². The van der Waals surface area contributed by atoms with Gasteiger partial charge in [-0.2, -0.15) is 9.97 Å². The van der Waals surface area contributed by atoms with Crippen molar-refractivity contribution in [2.24, 2.45) is 5.18 Å². The van der Waals surface area contributed by atoms with Gasteiger partial charge in [-0.25, -0.2) is 0 Å². The molecule has 2 aromatic rings. The van der Waals surface area contributed by atoms with Crippen LogP contribution in [0.25, 0.3) is 0 Å². The van der Waals surface area contributed by atoms with Gasteiger partial charge in [-0.15, -0.1) is 4.91 Å². The lowest BCUT2D eigenvalue weighted by molar-refractivity contribution is -0.111. The van der Waals surface area contributed by atoms with Gasteiger partial charge in [0, 0.05) is 0 Å². The van der Waals surface area contributed by atoms with Crippen molar-refractivity contribution in [3.8, 4) is 5.88 Å². The van der Waals surface area contributed by atoms with E-state index in [4.69, 9.17) is 10.5 Å². The minimum atomic E-state index is -0.450. The third kappa shape index (κ3) is 4.60. The summed E-state index contributed by atoms with van der Waals surface area (Å²) in [5.41, 5.74) is 6.28. The van der Waals surface area contributed by atoms with Crippen LogP contribution in [0.3, 0.4) is 0 Å². The predicted octanol–water partition coefficient (Wildman–Crippen LogP) is 2.94. The number of amides is 1. The number of nitrogen functional groups attached to an aromatic ring is 1. The van der Waals surface area contributed by atoms with Crippen molar-refractivity contribution in [1.82, 2.24) is 9.97 Å². The van der Waals surface area contributed by atoms with Gasteiger partial charge in [0.15, 0.2) is 5.82 Å². The number of carbonyl (C=O) groups excluding carboxylic acids is 1. The number of nitrogens with zero attached hydrogens (tertiary/aromatic N) is 3. The molecule has 0 spiro atoms. The number of allylic oxidation sites excluding steroid dienone is 1. The van der Waals surface area contributed by atoms with Crippen molar-refractivity contribution < 1.29 is 9.53 Å². The Morgan fingerprint density at radius 2 is 2.08 bits per heavy atom. The van der Waals surface area contributed by atoms with Crippen LogP contribution >= 0.6 is 0 Å². The summed E-state index contributed by atoms with van der Waals surface area (Å²) in [7, 11) is 0. The number of hydrogen-bond acceptors (Lipinski definition) is 7. The zero-order valence-corrected chi connectivity index (χ0v) is 13.1. The van der Waals surface area contributed by atoms with Gasteiger partial charge >= 0.3 is 0 Å². The fraction of sp³-hybridized carbons (Fsp3) is 0.188. The molecule has 24 heavy (non-hydrogen) atoms. The van der Waals surface area contributed by atoms with E-state index in [1.54, 1.807) is 6.08 Å². The molecule has 124 valence electrons. The standard InChI is InChI=1S/C16H17N5O3/c1-2-3-9-12(22)18-14-13(21-23)15(20-16(17)19-14)24-10-11-7-5-4-6-8-11/h3-9H,2,10H2,1H3,(H3,17,18,19,20,22)/b9-3+. The van der Waals surface area contributed by atoms with Crippen LogP contribution in [0.2, 0.25) is 0 Å². The topological polar surface area (TPSA) is 120 Å². The minimum Gasteiger partial charge on any atom is -0.471 e. The average Bonchev–Trinajstić information content (AvgIpc) is 2.59. The number of carbonyl (C=O) groups is 1. The summed E-state index contributed by atoms with van der Waals surface area (Å²) in [6.07, 6.45) is 3.70. The Labute approximate surface area is 138 Å². The van der Waals surface area contributed by atoms with Crippen LogP contribution in [-0.4, -0.2) is 15.9 Å². The van der Waals surface area contributed by atoms with E-state index in [0.29, 0.717) is 6.42 Å². The smallest absolute Gasteiger partial charge is 0.251 e. The van der Waals surface area contributed by atoms with Gasteiger partial charge in [-0.05, 0) is 23.2 Å². The van der Waals surface area contributed by atoms with Crippen molar-refractivity contribution in [3.63, 3.8) is 0 Å². The Morgan fingerprint density at radius 3 is 2.75 bits per heavy atom. The molecule has 1 amide bonds. The normalized spacial score (nSPS) is 10.5. The molecule has 0 saturated carbocycles. The van der Waals surface area contributed by atoms with Crippen molar-refractivity contribution in [3.05, 3.63) is 53.0 Å². The Balaban J connectivity index is 2.23. The molecule has 0 aliphatic carbocycles. The number of hydrogen-bond donors (Lipinski definition) is 2. The number of aromatic nitrogens is 2. The SMILES string of the molecule is CC/C=C/C(=O)Nc1nc(N)nc(OCc2ccccc2)c1N=O. The number of nitrogens with one attached hydrogen (secondary N) is 1. The van der Waals surface area contributed by atoms with E-state index >= 15 is 0 Å². The van der Waals surface area contributed by atoms with Gasteiger partial charge in [-0.1, -0.05) is 43.3 Å². The fourth-order valence-corrected chi connectivity index (χ4v) is 1.83. The molecular formula is C16H17N5O3. The summed E-state index contributed by atoms with van der Waals surface area (Å²) in [5.74, 6) is -0.767. The van der Waals surface area contributed by atoms with E-state index in [0.717, 1.165) is 5.56 Å². The molecule has 1 aromatic carbocycles. The Kier molecular flexibility index (Phi) is 5.95. The fourth-order valence-electron chi connectivity index (χ4n) is 1.83. The van der Waals surface area contributed by atoms with Crippen LogP contribution < -0.4 is 15.8 Å². The maximum atomic E-state index is 11.8. The van der Waals surface area contributed by atoms with Crippen LogP contribution in [0.5, 0.6) is 5.88 Å². The largest absolute Gasteiger partial charge is 0.471 e. The monoisotopic (exact) mass is 327 g/mol. The first kappa shape index (κ1) is 17.1. The molecule has 0 unspecified atom stereocenters. The van der Waals surface area contributed by atoms with Gasteiger partial charge in [0.2, 0.25) is 17.5 Å². The van der Waals surface area contributed by atoms with Gasteiger partial charge in [0.25, 0.3) is 5.88 Å². The van der Waals surface area contributed by atoms with Crippen LogP contribution in [0.1, 0.15) is 18.9 Å². The van der Waals surface area contributed by atoms with E-state index < -0.39 is 5.91 Å². The first-order valence-corrected chi connectivity index (χ1v) is 7.29. The summed E-state index contributed by atoms with van der Waals surface area (Å²) in [6, 6.07) is 9.31. The lowest BCUT2D eigenvalue weighted by Crippen LogP contribution is -2.12. The maximum absolute atomic E-state index is 11.8. The number of ether oxygens (including phenoxy) is 1. The molecular weight excluding hydrogens is 310 g/mol. The van der Waals surface area contributed by atoms with Gasteiger partial charge in [0.05, 0.1) is 0 Å². The van der Waals surface area contributed by atoms with E-state index in [1.165, 1.54) is 6.08 Å². The summed E-state index contributed by atoms with van der Waals surface area (Å²) in [5, 5.41) is 5.31. The summed E-state index contributed by atoms with van der Waals surface area (Å²) >= 11 is 0. The first-order valence-electron chi connectivity index (χ1n) is 7.29. The van der Waals surface area contributed by atoms with Crippen molar-refractivity contribution in [2.75, 3.05) is 11.1 Å². The minimum absolute atomic E-state index is 0.0869. The maximum Gasteiger partial charge on any atom is 0.251 e. The van der Waals surface area contributed by atoms with Crippen molar-refractivity contribution in [1.29, 1.82) is 0 Å². The van der Waals surface area contributed by atoms with E-state index in [2.05, 4.69) is 20.5 Å². The third-order valence-electron chi connectivity index (χ3n) is 2.93. The molecule has 0 bridgehead atoms. The van der Waals surface area contributed by atoms with Crippen LogP contribution in [0.15, 0.2) is 47.7 Å². The quantitative estimate of drug-likeness (QED) is 0.596. The molecule has 0 aliphatic heterocycles. The number of rotatable bonds is 7. The zero-order valence-electron chi connectivity index (χ0n) is 13.1. The average molecular weight is 327 g/mol. The molecule has 8 nitrogen and oxygen atoms in total. The molecule has 0 atom stereocenters. The highest BCUT2D eigenvalue weighted by Gasteiger charge is 2.17. The van der Waals surface area contributed by atoms with Crippen molar-refractivity contribution >= 4 is 23.4 Å². The summed E-state index contributed by atoms with van der Waals surface area (Å²) < 4.78 is 5.50. The van der Waals surface area contributed by atoms with Gasteiger partial charge in [0.1, 0.15) is 6.61 Å². The van der Waals surface area contributed by atoms with Crippen LogP contribution in [0.4, 0.5) is 17.5 Å². The van der Waals surface area contributed by atoms with Crippen LogP contribution in [-0.2, 0) is 11.4 Å². The molecule has 1 heterocycles.